The maximum atomic E-state index is 13.6. The van der Waals surface area contributed by atoms with E-state index in [2.05, 4.69) is 15.2 Å². The van der Waals surface area contributed by atoms with Gasteiger partial charge >= 0.3 is 0 Å². The number of aromatic nitrogens is 2. The summed E-state index contributed by atoms with van der Waals surface area (Å²) >= 11 is 0. The summed E-state index contributed by atoms with van der Waals surface area (Å²) in [5.74, 6) is 0.508. The summed E-state index contributed by atoms with van der Waals surface area (Å²) < 4.78 is 13.6. The van der Waals surface area contributed by atoms with Gasteiger partial charge < -0.3 is 21.1 Å². The summed E-state index contributed by atoms with van der Waals surface area (Å²) in [6, 6.07) is 14.0. The number of rotatable bonds is 10. The number of anilines is 2. The molecule has 4 N–H and O–H groups in total. The number of nitrogens with zero attached hydrogens (tertiary/aromatic N) is 3. The van der Waals surface area contributed by atoms with Crippen LogP contribution in [0, 0.1) is 11.7 Å². The fraction of sp³-hybridized carbons (Fsp3) is 0.370. The van der Waals surface area contributed by atoms with Crippen molar-refractivity contribution in [3.05, 3.63) is 83.4 Å². The number of nitrogens with two attached hydrogens (primary N) is 1. The quantitative estimate of drug-likeness (QED) is 0.413. The Morgan fingerprint density at radius 3 is 2.71 bits per heavy atom. The van der Waals surface area contributed by atoms with Gasteiger partial charge in [0, 0.05) is 44.2 Å². The zero-order chi connectivity index (χ0) is 24.6. The first-order chi connectivity index (χ1) is 17.0. The molecule has 4 rings (SSSR count). The van der Waals surface area contributed by atoms with Gasteiger partial charge in [-0.3, -0.25) is 9.78 Å². The zero-order valence-corrected chi connectivity index (χ0v) is 19.7. The minimum Gasteiger partial charge on any atom is -0.396 e. The average molecular weight is 478 g/mol. The third-order valence-corrected chi connectivity index (χ3v) is 6.60. The molecule has 1 saturated heterocycles. The molecular formula is C27H32FN5O2. The fourth-order valence-corrected chi connectivity index (χ4v) is 4.71. The molecule has 1 amide bonds. The van der Waals surface area contributed by atoms with Gasteiger partial charge in [-0.1, -0.05) is 24.3 Å². The van der Waals surface area contributed by atoms with E-state index in [1.807, 2.05) is 24.3 Å². The fourth-order valence-electron chi connectivity index (χ4n) is 4.71. The van der Waals surface area contributed by atoms with Crippen LogP contribution in [0.15, 0.2) is 60.9 Å². The van der Waals surface area contributed by atoms with Crippen LogP contribution in [0.4, 0.5) is 16.0 Å². The van der Waals surface area contributed by atoms with Gasteiger partial charge in [-0.2, -0.15) is 0 Å². The molecule has 1 aliphatic rings. The Morgan fingerprint density at radius 2 is 2.03 bits per heavy atom. The van der Waals surface area contributed by atoms with Crippen LogP contribution in [0.1, 0.15) is 41.9 Å². The normalized spacial score (nSPS) is 15.1. The van der Waals surface area contributed by atoms with Crippen LogP contribution in [0.2, 0.25) is 0 Å². The molecule has 1 fully saturated rings. The van der Waals surface area contributed by atoms with Gasteiger partial charge in [-0.05, 0) is 67.0 Å². The molecule has 0 radical (unpaired) electrons. The smallest absolute Gasteiger partial charge is 0.229 e. The topological polar surface area (TPSA) is 104 Å². The maximum absolute atomic E-state index is 13.6. The molecule has 0 aliphatic carbocycles. The van der Waals surface area contributed by atoms with Crippen LogP contribution in [0.5, 0.6) is 0 Å². The first-order valence-corrected chi connectivity index (χ1v) is 12.1. The number of amides is 1. The van der Waals surface area contributed by atoms with E-state index in [4.69, 9.17) is 10.7 Å². The summed E-state index contributed by atoms with van der Waals surface area (Å²) in [5.41, 5.74) is 8.10. The lowest BCUT2D eigenvalue weighted by molar-refractivity contribution is -0.118. The molecule has 1 unspecified atom stereocenters. The van der Waals surface area contributed by atoms with Crippen molar-refractivity contribution in [2.45, 2.75) is 31.6 Å². The lowest BCUT2D eigenvalue weighted by atomic mass is 9.91. The second-order valence-corrected chi connectivity index (χ2v) is 8.98. The molecular weight excluding hydrogens is 445 g/mol. The summed E-state index contributed by atoms with van der Waals surface area (Å²) in [7, 11) is 0. The van der Waals surface area contributed by atoms with E-state index in [0.29, 0.717) is 35.8 Å². The molecule has 3 heterocycles. The molecule has 3 aromatic rings. The molecule has 35 heavy (non-hydrogen) atoms. The highest BCUT2D eigenvalue weighted by molar-refractivity contribution is 5.87. The van der Waals surface area contributed by atoms with Gasteiger partial charge in [0.05, 0.1) is 5.92 Å². The average Bonchev–Trinajstić information content (AvgIpc) is 2.86. The molecule has 0 spiro atoms. The predicted octanol–water partition coefficient (Wildman–Crippen LogP) is 3.49. The number of hydrogen-bond donors (Lipinski definition) is 3. The predicted molar refractivity (Wildman–Crippen MR) is 135 cm³/mol. The second-order valence-electron chi connectivity index (χ2n) is 8.98. The Morgan fingerprint density at radius 1 is 1.20 bits per heavy atom. The number of aliphatic hydroxyl groups is 1. The first-order valence-electron chi connectivity index (χ1n) is 12.1. The number of aliphatic hydroxyl groups excluding tert-OH is 1. The highest BCUT2D eigenvalue weighted by atomic mass is 19.1. The second kappa shape index (κ2) is 11.8. The van der Waals surface area contributed by atoms with Gasteiger partial charge in [0.15, 0.2) is 0 Å². The highest BCUT2D eigenvalue weighted by Crippen LogP contribution is 2.32. The lowest BCUT2D eigenvalue weighted by Gasteiger charge is -2.33. The number of carbonyl (C=O) groups excluding carboxylic acids is 1. The van der Waals surface area contributed by atoms with Crippen molar-refractivity contribution >= 4 is 17.5 Å². The zero-order valence-electron chi connectivity index (χ0n) is 19.7. The van der Waals surface area contributed by atoms with Crippen LogP contribution in [0.25, 0.3) is 0 Å². The SMILES string of the molecule is NC(=O)C(c1cccnc1)c1ccc(N2CCC(CCO)CC2)nc1NCCc1cccc(F)c1. The van der Waals surface area contributed by atoms with Gasteiger partial charge in [0.1, 0.15) is 17.5 Å². The number of benzene rings is 1. The van der Waals surface area contributed by atoms with Crippen molar-refractivity contribution in [2.75, 3.05) is 36.5 Å². The molecule has 0 bridgehead atoms. The number of hydrogen-bond acceptors (Lipinski definition) is 6. The van der Waals surface area contributed by atoms with Crippen molar-refractivity contribution in [1.29, 1.82) is 0 Å². The number of primary amides is 1. The van der Waals surface area contributed by atoms with E-state index in [1.165, 1.54) is 12.1 Å². The van der Waals surface area contributed by atoms with Gasteiger partial charge in [-0.15, -0.1) is 0 Å². The van der Waals surface area contributed by atoms with Crippen molar-refractivity contribution in [2.24, 2.45) is 11.7 Å². The number of carbonyl (C=O) groups is 1. The number of nitrogens with one attached hydrogen (secondary N) is 1. The Kier molecular flexibility index (Phi) is 8.26. The van der Waals surface area contributed by atoms with Gasteiger partial charge in [0.25, 0.3) is 0 Å². The maximum Gasteiger partial charge on any atom is 0.229 e. The molecule has 1 aromatic carbocycles. The van der Waals surface area contributed by atoms with Gasteiger partial charge in [-0.25, -0.2) is 9.37 Å². The number of pyridine rings is 2. The highest BCUT2D eigenvalue weighted by Gasteiger charge is 2.26. The van der Waals surface area contributed by atoms with Crippen molar-refractivity contribution in [1.82, 2.24) is 9.97 Å². The molecule has 1 atom stereocenters. The van der Waals surface area contributed by atoms with E-state index >= 15 is 0 Å². The van der Waals surface area contributed by atoms with Crippen LogP contribution in [-0.2, 0) is 11.2 Å². The van der Waals surface area contributed by atoms with Crippen molar-refractivity contribution < 1.29 is 14.3 Å². The summed E-state index contributed by atoms with van der Waals surface area (Å²) in [4.78, 5) is 23.8. The number of halogens is 1. The molecule has 7 nitrogen and oxygen atoms in total. The van der Waals surface area contributed by atoms with E-state index < -0.39 is 11.8 Å². The summed E-state index contributed by atoms with van der Waals surface area (Å²) in [6.07, 6.45) is 6.74. The Balaban J connectivity index is 1.60. The molecule has 184 valence electrons. The third kappa shape index (κ3) is 6.33. The van der Waals surface area contributed by atoms with Crippen LogP contribution in [0.3, 0.4) is 0 Å². The molecule has 0 saturated carbocycles. The number of piperidine rings is 1. The standard InChI is InChI=1S/C27H32FN5O2/c28-22-5-1-3-20(17-22)8-13-31-27-23(25(26(29)35)21-4-2-12-30-18-21)6-7-24(32-27)33-14-9-19(10-15-33)11-16-34/h1-7,12,17-19,25,34H,8-11,13-16H2,(H2,29,35)(H,31,32). The summed E-state index contributed by atoms with van der Waals surface area (Å²) in [6.45, 7) is 2.47. The van der Waals surface area contributed by atoms with Crippen molar-refractivity contribution in [3.63, 3.8) is 0 Å². The van der Waals surface area contributed by atoms with E-state index in [9.17, 15) is 14.3 Å². The first kappa shape index (κ1) is 24.6. The molecule has 2 aromatic heterocycles. The largest absolute Gasteiger partial charge is 0.396 e. The Hall–Kier alpha value is -3.52. The van der Waals surface area contributed by atoms with E-state index in [0.717, 1.165) is 43.7 Å². The summed E-state index contributed by atoms with van der Waals surface area (Å²) in [5, 5.41) is 12.6. The molecule has 8 heteroatoms. The van der Waals surface area contributed by atoms with E-state index in [-0.39, 0.29) is 12.4 Å². The lowest BCUT2D eigenvalue weighted by Crippen LogP contribution is -2.34. The van der Waals surface area contributed by atoms with Crippen molar-refractivity contribution in [3.8, 4) is 0 Å². The third-order valence-electron chi connectivity index (χ3n) is 6.60. The van der Waals surface area contributed by atoms with Crippen LogP contribution in [-0.4, -0.2) is 47.2 Å². The van der Waals surface area contributed by atoms with E-state index in [1.54, 1.807) is 24.5 Å². The van der Waals surface area contributed by atoms with Crippen LogP contribution >= 0.6 is 0 Å². The molecule has 1 aliphatic heterocycles. The Labute approximate surface area is 205 Å². The minimum absolute atomic E-state index is 0.222. The monoisotopic (exact) mass is 477 g/mol. The Bertz CT molecular complexity index is 1120. The van der Waals surface area contributed by atoms with Crippen LogP contribution < -0.4 is 16.0 Å². The minimum atomic E-state index is -0.697. The van der Waals surface area contributed by atoms with Gasteiger partial charge in [0.2, 0.25) is 5.91 Å².